The molecule has 1 aromatic heterocycles. The molecule has 106 valence electrons. The fourth-order valence-corrected chi connectivity index (χ4v) is 2.41. The lowest BCUT2D eigenvalue weighted by atomic mass is 10.1. The van der Waals surface area contributed by atoms with Crippen LogP contribution in [0.5, 0.6) is 0 Å². The number of aryl methyl sites for hydroxylation is 2. The van der Waals surface area contributed by atoms with Crippen molar-refractivity contribution in [2.24, 2.45) is 5.92 Å². The minimum Gasteiger partial charge on any atom is -0.477 e. The van der Waals surface area contributed by atoms with Crippen molar-refractivity contribution in [2.45, 2.75) is 33.2 Å². The van der Waals surface area contributed by atoms with Crippen molar-refractivity contribution in [2.75, 3.05) is 0 Å². The number of benzene rings is 1. The summed E-state index contributed by atoms with van der Waals surface area (Å²) >= 11 is 0. The van der Waals surface area contributed by atoms with E-state index in [0.29, 0.717) is 11.6 Å². The molecular weight excluding hydrogens is 250 g/mol. The van der Waals surface area contributed by atoms with Gasteiger partial charge in [-0.25, -0.2) is 4.79 Å². The van der Waals surface area contributed by atoms with Crippen LogP contribution in [0.1, 0.15) is 35.6 Å². The Hall–Kier alpha value is -2.03. The average molecular weight is 271 g/mol. The molecule has 1 N–H and O–H groups in total. The van der Waals surface area contributed by atoms with Crippen LogP contribution in [0.3, 0.4) is 0 Å². The number of carboxylic acids is 1. The van der Waals surface area contributed by atoms with Gasteiger partial charge in [0.2, 0.25) is 0 Å². The molecule has 0 aliphatic rings. The molecule has 0 radical (unpaired) electrons. The quantitative estimate of drug-likeness (QED) is 0.871. The largest absolute Gasteiger partial charge is 0.477 e. The minimum absolute atomic E-state index is 0.391. The molecular formula is C17H21NO2. The predicted molar refractivity (Wildman–Crippen MR) is 80.1 cm³/mol. The summed E-state index contributed by atoms with van der Waals surface area (Å²) in [6.45, 7) is 4.96. The van der Waals surface area contributed by atoms with Crippen LogP contribution in [0.15, 0.2) is 42.5 Å². The number of hydrogen-bond acceptors (Lipinski definition) is 1. The van der Waals surface area contributed by atoms with E-state index in [1.54, 1.807) is 6.07 Å². The molecule has 1 aromatic carbocycles. The second-order valence-corrected chi connectivity index (χ2v) is 5.51. The van der Waals surface area contributed by atoms with Crippen LogP contribution in [-0.2, 0) is 19.4 Å². The van der Waals surface area contributed by atoms with Crippen LogP contribution in [0.4, 0.5) is 0 Å². The highest BCUT2D eigenvalue weighted by Crippen LogP contribution is 2.15. The van der Waals surface area contributed by atoms with Gasteiger partial charge < -0.3 is 9.67 Å². The highest BCUT2D eigenvalue weighted by Gasteiger charge is 2.14. The number of nitrogens with zero attached hydrogens (tertiary/aromatic N) is 1. The van der Waals surface area contributed by atoms with Gasteiger partial charge in [0.25, 0.3) is 0 Å². The van der Waals surface area contributed by atoms with E-state index in [4.69, 9.17) is 0 Å². The number of aromatic carboxylic acids is 1. The van der Waals surface area contributed by atoms with Crippen LogP contribution in [0, 0.1) is 5.92 Å². The van der Waals surface area contributed by atoms with Crippen molar-refractivity contribution in [3.63, 3.8) is 0 Å². The molecule has 3 heteroatoms. The topological polar surface area (TPSA) is 42.2 Å². The fraction of sp³-hybridized carbons (Fsp3) is 0.353. The van der Waals surface area contributed by atoms with Crippen LogP contribution in [0.25, 0.3) is 0 Å². The monoisotopic (exact) mass is 271 g/mol. The van der Waals surface area contributed by atoms with Crippen LogP contribution < -0.4 is 0 Å². The zero-order chi connectivity index (χ0) is 14.5. The highest BCUT2D eigenvalue weighted by atomic mass is 16.4. The molecule has 0 aliphatic heterocycles. The molecule has 0 bridgehead atoms. The first-order chi connectivity index (χ1) is 9.58. The standard InChI is InChI=1S/C17H21NO2/c1-13(2)12-18-15(10-11-16(18)17(19)20)9-8-14-6-4-3-5-7-14/h3-7,10-11,13H,8-9,12H2,1-2H3,(H,19,20). The first-order valence-corrected chi connectivity index (χ1v) is 7.03. The maximum absolute atomic E-state index is 11.3. The van der Waals surface area contributed by atoms with Crippen molar-refractivity contribution in [3.8, 4) is 0 Å². The Bertz CT molecular complexity index is 570. The second-order valence-electron chi connectivity index (χ2n) is 5.51. The Kier molecular flexibility index (Phi) is 4.61. The maximum atomic E-state index is 11.3. The van der Waals surface area contributed by atoms with E-state index >= 15 is 0 Å². The molecule has 0 saturated carbocycles. The summed E-state index contributed by atoms with van der Waals surface area (Å²) < 4.78 is 1.94. The van der Waals surface area contributed by atoms with Crippen LogP contribution >= 0.6 is 0 Å². The van der Waals surface area contributed by atoms with Crippen molar-refractivity contribution in [1.82, 2.24) is 4.57 Å². The van der Waals surface area contributed by atoms with E-state index in [2.05, 4.69) is 26.0 Å². The van der Waals surface area contributed by atoms with Crippen molar-refractivity contribution in [3.05, 3.63) is 59.4 Å². The minimum atomic E-state index is -0.850. The predicted octanol–water partition coefficient (Wildman–Crippen LogP) is 3.63. The van der Waals surface area contributed by atoms with Gasteiger partial charge in [0.05, 0.1) is 0 Å². The van der Waals surface area contributed by atoms with Gasteiger partial charge in [-0.15, -0.1) is 0 Å². The van der Waals surface area contributed by atoms with Crippen LogP contribution in [-0.4, -0.2) is 15.6 Å². The molecule has 0 amide bonds. The van der Waals surface area contributed by atoms with Gasteiger partial charge in [0.15, 0.2) is 0 Å². The Morgan fingerprint density at radius 1 is 1.10 bits per heavy atom. The zero-order valence-corrected chi connectivity index (χ0v) is 12.0. The maximum Gasteiger partial charge on any atom is 0.352 e. The normalized spacial score (nSPS) is 10.9. The van der Waals surface area contributed by atoms with Crippen molar-refractivity contribution in [1.29, 1.82) is 0 Å². The van der Waals surface area contributed by atoms with E-state index in [0.717, 1.165) is 25.1 Å². The van der Waals surface area contributed by atoms with E-state index in [9.17, 15) is 9.90 Å². The molecule has 2 aromatic rings. The van der Waals surface area contributed by atoms with E-state index in [-0.39, 0.29) is 0 Å². The van der Waals surface area contributed by atoms with Gasteiger partial charge in [-0.3, -0.25) is 0 Å². The Morgan fingerprint density at radius 3 is 2.40 bits per heavy atom. The molecule has 20 heavy (non-hydrogen) atoms. The van der Waals surface area contributed by atoms with Crippen molar-refractivity contribution >= 4 is 5.97 Å². The summed E-state index contributed by atoms with van der Waals surface area (Å²) in [4.78, 5) is 11.3. The summed E-state index contributed by atoms with van der Waals surface area (Å²) in [7, 11) is 0. The second kappa shape index (κ2) is 6.42. The summed E-state index contributed by atoms with van der Waals surface area (Å²) in [5.41, 5.74) is 2.77. The third-order valence-electron chi connectivity index (χ3n) is 3.35. The van der Waals surface area contributed by atoms with Gasteiger partial charge >= 0.3 is 5.97 Å². The van der Waals surface area contributed by atoms with Gasteiger partial charge in [-0.05, 0) is 36.5 Å². The third-order valence-corrected chi connectivity index (χ3v) is 3.35. The zero-order valence-electron chi connectivity index (χ0n) is 12.0. The lowest BCUT2D eigenvalue weighted by Crippen LogP contribution is -2.15. The Morgan fingerprint density at radius 2 is 1.80 bits per heavy atom. The SMILES string of the molecule is CC(C)Cn1c(CCc2ccccc2)ccc1C(=O)O. The molecule has 1 heterocycles. The molecule has 0 fully saturated rings. The first kappa shape index (κ1) is 14.4. The van der Waals surface area contributed by atoms with Gasteiger partial charge in [0.1, 0.15) is 5.69 Å². The Labute approximate surface area is 119 Å². The lowest BCUT2D eigenvalue weighted by Gasteiger charge is -2.14. The summed E-state index contributed by atoms with van der Waals surface area (Å²) in [5, 5.41) is 9.26. The number of hydrogen-bond donors (Lipinski definition) is 1. The van der Waals surface area contributed by atoms with E-state index < -0.39 is 5.97 Å². The molecule has 0 saturated heterocycles. The number of aromatic nitrogens is 1. The molecule has 0 spiro atoms. The molecule has 0 unspecified atom stereocenters. The van der Waals surface area contributed by atoms with Crippen LogP contribution in [0.2, 0.25) is 0 Å². The van der Waals surface area contributed by atoms with E-state index in [1.807, 2.05) is 28.8 Å². The molecule has 2 rings (SSSR count). The number of carbonyl (C=O) groups is 1. The van der Waals surface area contributed by atoms with Crippen molar-refractivity contribution < 1.29 is 9.90 Å². The lowest BCUT2D eigenvalue weighted by molar-refractivity contribution is 0.0684. The summed E-state index contributed by atoms with van der Waals surface area (Å²) in [6, 6.07) is 13.9. The molecule has 0 aliphatic carbocycles. The smallest absolute Gasteiger partial charge is 0.352 e. The first-order valence-electron chi connectivity index (χ1n) is 7.03. The fourth-order valence-electron chi connectivity index (χ4n) is 2.41. The summed E-state index contributed by atoms with van der Waals surface area (Å²) in [5.74, 6) is -0.424. The number of carboxylic acid groups (broad SMARTS) is 1. The average Bonchev–Trinajstić information content (AvgIpc) is 2.80. The molecule has 0 atom stereocenters. The van der Waals surface area contributed by atoms with Gasteiger partial charge in [-0.2, -0.15) is 0 Å². The third kappa shape index (κ3) is 3.50. The Balaban J connectivity index is 2.16. The van der Waals surface area contributed by atoms with Gasteiger partial charge in [0, 0.05) is 12.2 Å². The highest BCUT2D eigenvalue weighted by molar-refractivity contribution is 5.86. The van der Waals surface area contributed by atoms with E-state index in [1.165, 1.54) is 5.56 Å². The number of rotatable bonds is 6. The summed E-state index contributed by atoms with van der Waals surface area (Å²) in [6.07, 6.45) is 1.80. The molecule has 3 nitrogen and oxygen atoms in total. The van der Waals surface area contributed by atoms with Gasteiger partial charge in [-0.1, -0.05) is 44.2 Å².